The lowest BCUT2D eigenvalue weighted by Crippen LogP contribution is -2.29. The largest absolute Gasteiger partial charge is 0.496 e. The molecule has 2 aliphatic rings. The van der Waals surface area contributed by atoms with Crippen LogP contribution >= 0.6 is 0 Å². The van der Waals surface area contributed by atoms with Crippen molar-refractivity contribution in [2.45, 2.75) is 45.4 Å². The Balaban J connectivity index is 1.47. The van der Waals surface area contributed by atoms with Gasteiger partial charge >= 0.3 is 0 Å². The number of carbonyl (C=O) groups excluding carboxylic acids is 1. The number of nitrogens with one attached hydrogen (secondary N) is 2. The SMILES string of the molecule is COc1ccncc1-c1cc(Nc2cc3c(c(C4CC4)n2)c(C)c(C(=O)N2CCCC2)n3C)c(C=N)c(C)n1. The monoisotopic (exact) mass is 523 g/mol. The molecule has 0 atom stereocenters. The molecular weight excluding hydrogens is 490 g/mol. The summed E-state index contributed by atoms with van der Waals surface area (Å²) >= 11 is 0. The van der Waals surface area contributed by atoms with Gasteiger partial charge in [0.1, 0.15) is 17.3 Å². The summed E-state index contributed by atoms with van der Waals surface area (Å²) in [5, 5.41) is 12.7. The number of carbonyl (C=O) groups is 1. The maximum Gasteiger partial charge on any atom is 0.270 e. The first kappa shape index (κ1) is 25.0. The first-order chi connectivity index (χ1) is 18.9. The minimum atomic E-state index is 0.103. The second-order valence-electron chi connectivity index (χ2n) is 10.5. The lowest BCUT2D eigenvalue weighted by atomic mass is 10.1. The van der Waals surface area contributed by atoms with Gasteiger partial charge in [0.05, 0.1) is 35.3 Å². The molecule has 2 N–H and O–H groups in total. The fourth-order valence-corrected chi connectivity index (χ4v) is 5.78. The molecule has 5 heterocycles. The van der Waals surface area contributed by atoms with Crippen LogP contribution < -0.4 is 10.1 Å². The number of hydrogen-bond donors (Lipinski definition) is 2. The van der Waals surface area contributed by atoms with Crippen LogP contribution in [0.15, 0.2) is 30.6 Å². The smallest absolute Gasteiger partial charge is 0.270 e. The summed E-state index contributed by atoms with van der Waals surface area (Å²) in [4.78, 5) is 29.6. The van der Waals surface area contributed by atoms with Crippen molar-refractivity contribution < 1.29 is 9.53 Å². The predicted octanol–water partition coefficient (Wildman–Crippen LogP) is 5.51. The van der Waals surface area contributed by atoms with Gasteiger partial charge in [-0.1, -0.05) is 0 Å². The Hall–Kier alpha value is -4.27. The Morgan fingerprint density at radius 2 is 1.95 bits per heavy atom. The van der Waals surface area contributed by atoms with E-state index in [4.69, 9.17) is 20.1 Å². The van der Waals surface area contributed by atoms with E-state index in [2.05, 4.69) is 17.2 Å². The van der Waals surface area contributed by atoms with Crippen LogP contribution in [-0.4, -0.2) is 56.7 Å². The Bertz CT molecular complexity index is 1610. The molecule has 1 saturated carbocycles. The van der Waals surface area contributed by atoms with Crippen molar-refractivity contribution >= 4 is 34.5 Å². The standard InChI is InChI=1S/C30H33N7O2/c1-17-27-24(36(3)29(17)30(38)37-11-5-6-12-37)14-26(35-28(27)19-7-8-19)34-22-13-23(33-18(2)20(22)15-31)21-16-32-10-9-25(21)39-4/h9-10,13-16,19,31H,5-8,11-12H2,1-4H3,(H,33,34,35). The number of aryl methyl sites for hydroxylation is 3. The number of likely N-dealkylation sites (tertiary alicyclic amines) is 1. The molecule has 1 aliphatic heterocycles. The molecule has 9 nitrogen and oxygen atoms in total. The number of anilines is 2. The molecule has 1 saturated heterocycles. The van der Waals surface area contributed by atoms with E-state index in [9.17, 15) is 4.79 Å². The highest BCUT2D eigenvalue weighted by Crippen LogP contribution is 2.45. The molecule has 9 heteroatoms. The summed E-state index contributed by atoms with van der Waals surface area (Å²) in [7, 11) is 3.60. The number of hydrogen-bond acceptors (Lipinski definition) is 7. The third-order valence-electron chi connectivity index (χ3n) is 7.95. The van der Waals surface area contributed by atoms with E-state index in [-0.39, 0.29) is 5.91 Å². The van der Waals surface area contributed by atoms with Crippen molar-refractivity contribution in [3.05, 3.63) is 58.8 Å². The molecule has 200 valence electrons. The van der Waals surface area contributed by atoms with Crippen molar-refractivity contribution in [3.63, 3.8) is 0 Å². The molecule has 1 aliphatic carbocycles. The topological polar surface area (TPSA) is 109 Å². The molecule has 0 unspecified atom stereocenters. The fraction of sp³-hybridized carbons (Fsp3) is 0.367. The minimum absolute atomic E-state index is 0.103. The maximum atomic E-state index is 13.5. The first-order valence-corrected chi connectivity index (χ1v) is 13.5. The number of rotatable bonds is 7. The normalized spacial score (nSPS) is 15.1. The van der Waals surface area contributed by atoms with Gasteiger partial charge in [0.15, 0.2) is 0 Å². The molecule has 1 amide bonds. The van der Waals surface area contributed by atoms with Gasteiger partial charge in [0.2, 0.25) is 0 Å². The van der Waals surface area contributed by atoms with Gasteiger partial charge in [-0.3, -0.25) is 14.8 Å². The summed E-state index contributed by atoms with van der Waals surface area (Å²) in [5.41, 5.74) is 7.39. The molecule has 39 heavy (non-hydrogen) atoms. The lowest BCUT2D eigenvalue weighted by Gasteiger charge is -2.16. The highest BCUT2D eigenvalue weighted by molar-refractivity contribution is 6.03. The summed E-state index contributed by atoms with van der Waals surface area (Å²) in [6.45, 7) is 5.58. The number of methoxy groups -OCH3 is 1. The van der Waals surface area contributed by atoms with E-state index in [0.717, 1.165) is 77.9 Å². The Morgan fingerprint density at radius 1 is 1.18 bits per heavy atom. The van der Waals surface area contributed by atoms with Crippen LogP contribution in [-0.2, 0) is 7.05 Å². The van der Waals surface area contributed by atoms with Gasteiger partial charge < -0.3 is 24.9 Å². The average molecular weight is 524 g/mol. The van der Waals surface area contributed by atoms with Gasteiger partial charge in [-0.25, -0.2) is 4.98 Å². The van der Waals surface area contributed by atoms with E-state index >= 15 is 0 Å². The molecule has 0 aromatic carbocycles. The second kappa shape index (κ2) is 9.80. The van der Waals surface area contributed by atoms with Gasteiger partial charge in [-0.15, -0.1) is 0 Å². The zero-order valence-corrected chi connectivity index (χ0v) is 22.8. The highest BCUT2D eigenvalue weighted by Gasteiger charge is 2.32. The summed E-state index contributed by atoms with van der Waals surface area (Å²) in [6.07, 6.45) is 9.05. The van der Waals surface area contributed by atoms with Crippen molar-refractivity contribution in [1.29, 1.82) is 5.41 Å². The lowest BCUT2D eigenvalue weighted by molar-refractivity contribution is 0.0783. The maximum absolute atomic E-state index is 13.5. The number of aromatic nitrogens is 4. The quantitative estimate of drug-likeness (QED) is 0.309. The summed E-state index contributed by atoms with van der Waals surface area (Å²) < 4.78 is 7.58. The van der Waals surface area contributed by atoms with Gasteiger partial charge in [-0.2, -0.15) is 0 Å². The van der Waals surface area contributed by atoms with E-state index < -0.39 is 0 Å². The van der Waals surface area contributed by atoms with Gasteiger partial charge in [0.25, 0.3) is 5.91 Å². The Labute approximate surface area is 227 Å². The molecule has 4 aromatic heterocycles. The van der Waals surface area contributed by atoms with Crippen LogP contribution in [0.2, 0.25) is 0 Å². The van der Waals surface area contributed by atoms with Crippen LogP contribution in [0.3, 0.4) is 0 Å². The van der Waals surface area contributed by atoms with E-state index in [1.165, 1.54) is 6.21 Å². The van der Waals surface area contributed by atoms with Crippen molar-refractivity contribution in [2.75, 3.05) is 25.5 Å². The summed E-state index contributed by atoms with van der Waals surface area (Å²) in [5.74, 6) is 1.85. The molecule has 0 bridgehead atoms. The molecule has 6 rings (SSSR count). The zero-order valence-electron chi connectivity index (χ0n) is 22.8. The minimum Gasteiger partial charge on any atom is -0.496 e. The first-order valence-electron chi connectivity index (χ1n) is 13.5. The predicted molar refractivity (Wildman–Crippen MR) is 152 cm³/mol. The van der Waals surface area contributed by atoms with Crippen molar-refractivity contribution in [3.8, 4) is 17.0 Å². The highest BCUT2D eigenvalue weighted by atomic mass is 16.5. The third-order valence-corrected chi connectivity index (χ3v) is 7.95. The van der Waals surface area contributed by atoms with Crippen molar-refractivity contribution in [1.82, 2.24) is 24.4 Å². The fourth-order valence-electron chi connectivity index (χ4n) is 5.78. The molecule has 0 spiro atoms. The van der Waals surface area contributed by atoms with Crippen LogP contribution in [0.4, 0.5) is 11.5 Å². The average Bonchev–Trinajstić information content (AvgIpc) is 3.58. The van der Waals surface area contributed by atoms with Crippen LogP contribution in [0.1, 0.15) is 64.6 Å². The van der Waals surface area contributed by atoms with E-state index in [1.807, 2.05) is 35.6 Å². The van der Waals surface area contributed by atoms with Gasteiger partial charge in [-0.05, 0) is 57.2 Å². The van der Waals surface area contributed by atoms with Crippen LogP contribution in [0.5, 0.6) is 5.75 Å². The van der Waals surface area contributed by atoms with Gasteiger partial charge in [0, 0.05) is 67.4 Å². The van der Waals surface area contributed by atoms with E-state index in [0.29, 0.717) is 34.4 Å². The number of pyridine rings is 3. The van der Waals surface area contributed by atoms with Crippen LogP contribution in [0.25, 0.3) is 22.2 Å². The molecular formula is C30H33N7O2. The molecule has 0 radical (unpaired) electrons. The third kappa shape index (κ3) is 4.31. The zero-order chi connectivity index (χ0) is 27.3. The number of amides is 1. The number of ether oxygens (including phenoxy) is 1. The second-order valence-corrected chi connectivity index (χ2v) is 10.5. The number of nitrogens with zero attached hydrogens (tertiary/aromatic N) is 5. The van der Waals surface area contributed by atoms with Crippen molar-refractivity contribution in [2.24, 2.45) is 7.05 Å². The summed E-state index contributed by atoms with van der Waals surface area (Å²) in [6, 6.07) is 5.73. The van der Waals surface area contributed by atoms with Crippen LogP contribution in [0, 0.1) is 19.3 Å². The molecule has 2 fully saturated rings. The molecule has 4 aromatic rings. The number of fused-ring (bicyclic) bond motifs is 1. The Morgan fingerprint density at radius 3 is 2.64 bits per heavy atom. The van der Waals surface area contributed by atoms with E-state index in [1.54, 1.807) is 25.6 Å². The Kier molecular flexibility index (Phi) is 6.29.